The molecule has 3 unspecified atom stereocenters. The van der Waals surface area contributed by atoms with E-state index in [0.29, 0.717) is 5.41 Å². The summed E-state index contributed by atoms with van der Waals surface area (Å²) in [5, 5.41) is 2.80. The maximum atomic E-state index is 5.00. The summed E-state index contributed by atoms with van der Waals surface area (Å²) in [4.78, 5) is 1.92. The molecule has 3 atom stereocenters. The van der Waals surface area contributed by atoms with Crippen LogP contribution in [0, 0.1) is 10.8 Å². The zero-order valence-electron chi connectivity index (χ0n) is 12.9. The van der Waals surface area contributed by atoms with Crippen LogP contribution in [0.5, 0.6) is 0 Å². The molecule has 1 aliphatic carbocycles. The van der Waals surface area contributed by atoms with E-state index < -0.39 is 8.29 Å². The normalized spacial score (nSPS) is 57.6. The minimum atomic E-state index is -1.72. The van der Waals surface area contributed by atoms with Crippen molar-refractivity contribution < 1.29 is 0 Å². The van der Waals surface area contributed by atoms with E-state index in [4.69, 9.17) is 12.6 Å². The molecular formula is C17H28S2. The van der Waals surface area contributed by atoms with Crippen molar-refractivity contribution >= 4 is 20.9 Å². The van der Waals surface area contributed by atoms with E-state index in [1.54, 1.807) is 0 Å². The number of rotatable bonds is 1. The van der Waals surface area contributed by atoms with Gasteiger partial charge in [-0.1, -0.05) is 19.1 Å². The lowest BCUT2D eigenvalue weighted by Gasteiger charge is -2.84. The average Bonchev–Trinajstić information content (AvgIpc) is 2.58. The first-order chi connectivity index (χ1) is 8.50. The maximum Gasteiger partial charge on any atom is 0.0210 e. The topological polar surface area (TPSA) is 0 Å². The van der Waals surface area contributed by atoms with E-state index in [9.17, 15) is 0 Å². The second kappa shape index (κ2) is 2.52. The van der Waals surface area contributed by atoms with Crippen LogP contribution in [0.2, 0.25) is 0 Å². The number of fused-ring (bicyclic) bond motifs is 1. The van der Waals surface area contributed by atoms with E-state index >= 15 is 0 Å². The number of hydrogen-bond acceptors (Lipinski definition) is 1. The van der Waals surface area contributed by atoms with Gasteiger partial charge in [-0.3, -0.25) is 0 Å². The van der Waals surface area contributed by atoms with E-state index in [0.717, 1.165) is 0 Å². The molecule has 3 aliphatic heterocycles. The Morgan fingerprint density at radius 2 is 1.89 bits per heavy atom. The molecule has 4 rings (SSSR count). The molecule has 0 nitrogen and oxygen atoms in total. The predicted molar refractivity (Wildman–Crippen MR) is 92.8 cm³/mol. The molecule has 2 saturated heterocycles. The third-order valence-electron chi connectivity index (χ3n) is 8.01. The highest BCUT2D eigenvalue weighted by molar-refractivity contribution is 8.74. The van der Waals surface area contributed by atoms with Crippen LogP contribution in [0.1, 0.15) is 40.0 Å². The zero-order valence-corrected chi connectivity index (χ0v) is 14.6. The molecule has 3 heterocycles. The highest BCUT2D eigenvalue weighted by Gasteiger charge is 2.90. The molecular weight excluding hydrogens is 268 g/mol. The molecule has 0 amide bonds. The summed E-state index contributed by atoms with van der Waals surface area (Å²) in [6.07, 6.45) is 6.90. The van der Waals surface area contributed by atoms with Crippen molar-refractivity contribution in [3.8, 4) is 0 Å². The number of allylic oxidation sites excluding steroid dienone is 2. The Bertz CT molecular complexity index is 590. The summed E-state index contributed by atoms with van der Waals surface area (Å²) in [5.41, 5.74) is 2.01. The lowest BCUT2D eigenvalue weighted by atomic mass is 9.42. The monoisotopic (exact) mass is 296 g/mol. The fraction of sp³-hybridized carbons (Fsp3) is 0.765. The van der Waals surface area contributed by atoms with Crippen LogP contribution < -0.4 is 0 Å². The van der Waals surface area contributed by atoms with Gasteiger partial charge in [0, 0.05) is 15.6 Å². The number of hydrogen-bond donors (Lipinski definition) is 1. The summed E-state index contributed by atoms with van der Waals surface area (Å²) in [5.74, 6) is 4.53. The second-order valence-corrected chi connectivity index (χ2v) is 17.9. The Hall–Kier alpha value is 0.180. The molecule has 0 aromatic heterocycles. The highest BCUT2D eigenvalue weighted by atomic mass is 32.4. The molecule has 0 N–H and O–H groups in total. The fourth-order valence-corrected chi connectivity index (χ4v) is 16.9. The minimum absolute atomic E-state index is 0.130. The van der Waals surface area contributed by atoms with Gasteiger partial charge in [0.05, 0.1) is 0 Å². The molecule has 2 spiro atoms. The summed E-state index contributed by atoms with van der Waals surface area (Å²) in [6, 6.07) is 0. The maximum absolute atomic E-state index is 5.00. The molecule has 0 radical (unpaired) electrons. The van der Waals surface area contributed by atoms with Gasteiger partial charge in [-0.05, 0) is 66.9 Å². The first kappa shape index (κ1) is 12.9. The second-order valence-electron chi connectivity index (χ2n) is 9.15. The largest absolute Gasteiger partial charge is 0.242 e. The zero-order chi connectivity index (χ0) is 14.0. The van der Waals surface area contributed by atoms with Crippen LogP contribution in [-0.2, 0) is 0 Å². The molecule has 19 heavy (non-hydrogen) atoms. The van der Waals surface area contributed by atoms with Gasteiger partial charge in [0.25, 0.3) is 0 Å². The van der Waals surface area contributed by atoms with Crippen LogP contribution in [0.4, 0.5) is 0 Å². The lowest BCUT2D eigenvalue weighted by Crippen LogP contribution is -2.73. The minimum Gasteiger partial charge on any atom is -0.242 e. The van der Waals surface area contributed by atoms with Crippen LogP contribution in [0.15, 0.2) is 22.5 Å². The molecule has 1 saturated carbocycles. The van der Waals surface area contributed by atoms with E-state index in [2.05, 4.69) is 39.0 Å². The summed E-state index contributed by atoms with van der Waals surface area (Å²) in [7, 11) is -1.72. The first-order valence-electron chi connectivity index (χ1n) is 7.64. The highest BCUT2D eigenvalue weighted by Crippen LogP contribution is 3.17. The molecule has 0 aromatic rings. The molecule has 0 bridgehead atoms. The van der Waals surface area contributed by atoms with Gasteiger partial charge in [0.2, 0.25) is 0 Å². The molecule has 3 fully saturated rings. The molecule has 0 aromatic carbocycles. The summed E-state index contributed by atoms with van der Waals surface area (Å²) in [6.45, 7) is 11.3. The Kier molecular flexibility index (Phi) is 1.71. The van der Waals surface area contributed by atoms with Gasteiger partial charge in [0.15, 0.2) is 0 Å². The third-order valence-corrected chi connectivity index (χ3v) is 16.5. The SMILES string of the molecule is C=C(C)C1(C)C(C)(S)CC12CS13(C)(C=C21)CCCC3. The molecule has 2 heteroatoms. The molecule has 108 valence electrons. The summed E-state index contributed by atoms with van der Waals surface area (Å²) >= 11 is 5.00. The Labute approximate surface area is 122 Å². The lowest BCUT2D eigenvalue weighted by molar-refractivity contribution is -0.0204. The van der Waals surface area contributed by atoms with Crippen molar-refractivity contribution in [2.45, 2.75) is 44.8 Å². The first-order valence-corrected chi connectivity index (χ1v) is 11.5. The van der Waals surface area contributed by atoms with Crippen molar-refractivity contribution in [3.63, 3.8) is 0 Å². The van der Waals surface area contributed by atoms with E-state index in [1.807, 2.05) is 4.91 Å². The van der Waals surface area contributed by atoms with Gasteiger partial charge < -0.3 is 0 Å². The quantitative estimate of drug-likeness (QED) is 0.521. The van der Waals surface area contributed by atoms with E-state index in [-0.39, 0.29) is 10.2 Å². The third kappa shape index (κ3) is 0.914. The van der Waals surface area contributed by atoms with Crippen molar-refractivity contribution in [2.75, 3.05) is 23.5 Å². The Morgan fingerprint density at radius 1 is 1.32 bits per heavy atom. The van der Waals surface area contributed by atoms with Crippen LogP contribution in [-0.4, -0.2) is 28.3 Å². The van der Waals surface area contributed by atoms with Gasteiger partial charge >= 0.3 is 0 Å². The Balaban J connectivity index is 1.79. The predicted octanol–water partition coefficient (Wildman–Crippen LogP) is 4.82. The van der Waals surface area contributed by atoms with Crippen molar-refractivity contribution in [1.29, 1.82) is 0 Å². The Morgan fingerprint density at radius 3 is 2.32 bits per heavy atom. The molecule has 4 aliphatic rings. The fourth-order valence-electron chi connectivity index (χ4n) is 6.71. The summed E-state index contributed by atoms with van der Waals surface area (Å²) < 4.78 is 0.130. The van der Waals surface area contributed by atoms with Crippen LogP contribution in [0.3, 0.4) is 0 Å². The van der Waals surface area contributed by atoms with Crippen LogP contribution >= 0.6 is 20.9 Å². The van der Waals surface area contributed by atoms with Crippen molar-refractivity contribution in [3.05, 3.63) is 22.5 Å². The van der Waals surface area contributed by atoms with Gasteiger partial charge in [0.1, 0.15) is 0 Å². The number of thiol groups is 1. The smallest absolute Gasteiger partial charge is 0.0210 e. The standard InChI is InChI=1S/C17H28S2/c1-13(2)16(4)15(3,18)11-17(16)12-19(5,10-14(17)19)8-6-7-9-19/h10,18H,1,6-9,11-12H2,2-5H3. The average molecular weight is 297 g/mol. The van der Waals surface area contributed by atoms with Crippen molar-refractivity contribution in [1.82, 2.24) is 0 Å². The van der Waals surface area contributed by atoms with Gasteiger partial charge in [-0.2, -0.15) is 12.6 Å². The van der Waals surface area contributed by atoms with Gasteiger partial charge in [-0.15, -0.1) is 0 Å². The van der Waals surface area contributed by atoms with Crippen LogP contribution in [0.25, 0.3) is 0 Å². The van der Waals surface area contributed by atoms with E-state index in [1.165, 1.54) is 42.1 Å². The van der Waals surface area contributed by atoms with Crippen molar-refractivity contribution in [2.24, 2.45) is 10.8 Å². The van der Waals surface area contributed by atoms with Gasteiger partial charge in [-0.25, -0.2) is 8.29 Å².